The van der Waals surface area contributed by atoms with Crippen LogP contribution >= 0.6 is 11.6 Å². The number of hydrogen-bond donors (Lipinski definition) is 1. The van der Waals surface area contributed by atoms with Crippen molar-refractivity contribution in [2.75, 3.05) is 6.54 Å². The topological polar surface area (TPSA) is 12.0 Å². The van der Waals surface area contributed by atoms with E-state index in [4.69, 9.17) is 11.6 Å². The van der Waals surface area contributed by atoms with Gasteiger partial charge in [-0.1, -0.05) is 57.3 Å². The maximum Gasteiger partial charge on any atom is 0.0406 e. The number of benzene rings is 1. The molecular formula is C15H24ClN. The van der Waals surface area contributed by atoms with Crippen LogP contribution in [0.1, 0.15) is 51.6 Å². The standard InChI is InChI=1S/C15H24ClN/c1-4-6-12(3)11-15(17-5-2)13-7-9-14(16)10-8-13/h7-10,12,15,17H,4-6,11H2,1-3H3. The Morgan fingerprint density at radius 3 is 2.35 bits per heavy atom. The zero-order valence-electron chi connectivity index (χ0n) is 11.2. The van der Waals surface area contributed by atoms with Gasteiger partial charge in [-0.2, -0.15) is 0 Å². The molecule has 0 saturated carbocycles. The van der Waals surface area contributed by atoms with E-state index in [9.17, 15) is 0 Å². The summed E-state index contributed by atoms with van der Waals surface area (Å²) in [6.45, 7) is 7.75. The van der Waals surface area contributed by atoms with E-state index in [1.54, 1.807) is 0 Å². The molecule has 0 aromatic heterocycles. The SMILES string of the molecule is CCCC(C)CC(NCC)c1ccc(Cl)cc1. The molecule has 0 bridgehead atoms. The van der Waals surface area contributed by atoms with Crippen LogP contribution < -0.4 is 5.32 Å². The van der Waals surface area contributed by atoms with Crippen LogP contribution in [0.4, 0.5) is 0 Å². The van der Waals surface area contributed by atoms with Gasteiger partial charge in [0.2, 0.25) is 0 Å². The van der Waals surface area contributed by atoms with Gasteiger partial charge < -0.3 is 5.32 Å². The van der Waals surface area contributed by atoms with E-state index >= 15 is 0 Å². The van der Waals surface area contributed by atoms with Crippen LogP contribution in [0.25, 0.3) is 0 Å². The van der Waals surface area contributed by atoms with E-state index in [0.717, 1.165) is 17.5 Å². The van der Waals surface area contributed by atoms with E-state index < -0.39 is 0 Å². The van der Waals surface area contributed by atoms with Crippen LogP contribution in [0, 0.1) is 5.92 Å². The van der Waals surface area contributed by atoms with Crippen molar-refractivity contribution in [2.45, 2.75) is 46.1 Å². The van der Waals surface area contributed by atoms with Gasteiger partial charge in [0, 0.05) is 11.1 Å². The molecule has 1 rings (SSSR count). The Morgan fingerprint density at radius 2 is 1.82 bits per heavy atom. The van der Waals surface area contributed by atoms with Gasteiger partial charge in [-0.25, -0.2) is 0 Å². The Kier molecular flexibility index (Phi) is 6.61. The molecule has 0 heterocycles. The Morgan fingerprint density at radius 1 is 1.18 bits per heavy atom. The van der Waals surface area contributed by atoms with Crippen molar-refractivity contribution in [1.82, 2.24) is 5.32 Å². The fourth-order valence-electron chi connectivity index (χ4n) is 2.29. The van der Waals surface area contributed by atoms with Crippen molar-refractivity contribution in [3.8, 4) is 0 Å². The van der Waals surface area contributed by atoms with Crippen molar-refractivity contribution in [3.63, 3.8) is 0 Å². The number of nitrogens with one attached hydrogen (secondary N) is 1. The fraction of sp³-hybridized carbons (Fsp3) is 0.600. The molecule has 0 spiro atoms. The molecule has 1 N–H and O–H groups in total. The lowest BCUT2D eigenvalue weighted by Crippen LogP contribution is -2.22. The maximum atomic E-state index is 5.93. The minimum atomic E-state index is 0.457. The maximum absolute atomic E-state index is 5.93. The smallest absolute Gasteiger partial charge is 0.0406 e. The highest BCUT2D eigenvalue weighted by Crippen LogP contribution is 2.24. The summed E-state index contributed by atoms with van der Waals surface area (Å²) in [6, 6.07) is 8.68. The van der Waals surface area contributed by atoms with Gasteiger partial charge in [0.25, 0.3) is 0 Å². The quantitative estimate of drug-likeness (QED) is 0.735. The molecule has 0 radical (unpaired) electrons. The molecule has 17 heavy (non-hydrogen) atoms. The second kappa shape index (κ2) is 7.73. The third-order valence-electron chi connectivity index (χ3n) is 3.14. The van der Waals surface area contributed by atoms with E-state index in [1.807, 2.05) is 12.1 Å². The summed E-state index contributed by atoms with van der Waals surface area (Å²) in [4.78, 5) is 0. The van der Waals surface area contributed by atoms with Crippen LogP contribution in [-0.2, 0) is 0 Å². The summed E-state index contributed by atoms with van der Waals surface area (Å²) < 4.78 is 0. The van der Waals surface area contributed by atoms with Crippen molar-refractivity contribution in [2.24, 2.45) is 5.92 Å². The Labute approximate surface area is 111 Å². The molecule has 1 aromatic rings. The molecule has 0 aliphatic heterocycles. The second-order valence-electron chi connectivity index (χ2n) is 4.79. The average Bonchev–Trinajstić information content (AvgIpc) is 2.30. The Hall–Kier alpha value is -0.530. The minimum Gasteiger partial charge on any atom is -0.310 e. The highest BCUT2D eigenvalue weighted by atomic mass is 35.5. The fourth-order valence-corrected chi connectivity index (χ4v) is 2.42. The van der Waals surface area contributed by atoms with Gasteiger partial charge in [-0.3, -0.25) is 0 Å². The molecule has 96 valence electrons. The normalized spacial score (nSPS) is 14.6. The van der Waals surface area contributed by atoms with E-state index in [1.165, 1.54) is 24.8 Å². The van der Waals surface area contributed by atoms with Crippen LogP contribution in [0.5, 0.6) is 0 Å². The van der Waals surface area contributed by atoms with E-state index in [2.05, 4.69) is 38.2 Å². The number of hydrogen-bond acceptors (Lipinski definition) is 1. The first-order valence-corrected chi connectivity index (χ1v) is 7.04. The first-order chi connectivity index (χ1) is 8.17. The predicted molar refractivity (Wildman–Crippen MR) is 76.6 cm³/mol. The van der Waals surface area contributed by atoms with Gasteiger partial charge in [-0.15, -0.1) is 0 Å². The second-order valence-corrected chi connectivity index (χ2v) is 5.23. The molecule has 2 atom stereocenters. The van der Waals surface area contributed by atoms with E-state index in [-0.39, 0.29) is 0 Å². The highest BCUT2D eigenvalue weighted by molar-refractivity contribution is 6.30. The number of halogens is 1. The van der Waals surface area contributed by atoms with Gasteiger partial charge in [-0.05, 0) is 36.6 Å². The number of rotatable bonds is 7. The lowest BCUT2D eigenvalue weighted by molar-refractivity contribution is 0.395. The summed E-state index contributed by atoms with van der Waals surface area (Å²) in [5, 5.41) is 4.38. The zero-order valence-corrected chi connectivity index (χ0v) is 11.9. The molecule has 2 unspecified atom stereocenters. The van der Waals surface area contributed by atoms with Crippen LogP contribution in [0.15, 0.2) is 24.3 Å². The third kappa shape index (κ3) is 5.10. The molecule has 0 aliphatic rings. The first-order valence-electron chi connectivity index (χ1n) is 6.66. The van der Waals surface area contributed by atoms with Crippen LogP contribution in [0.3, 0.4) is 0 Å². The molecule has 1 nitrogen and oxygen atoms in total. The average molecular weight is 254 g/mol. The van der Waals surface area contributed by atoms with Crippen molar-refractivity contribution < 1.29 is 0 Å². The van der Waals surface area contributed by atoms with Gasteiger partial charge in [0.1, 0.15) is 0 Å². The van der Waals surface area contributed by atoms with Gasteiger partial charge in [0.15, 0.2) is 0 Å². The first kappa shape index (κ1) is 14.5. The summed E-state index contributed by atoms with van der Waals surface area (Å²) >= 11 is 5.93. The lowest BCUT2D eigenvalue weighted by Gasteiger charge is -2.22. The van der Waals surface area contributed by atoms with Crippen LogP contribution in [0.2, 0.25) is 5.02 Å². The minimum absolute atomic E-state index is 0.457. The molecule has 0 fully saturated rings. The predicted octanol–water partition coefficient (Wildman–Crippen LogP) is 4.82. The molecular weight excluding hydrogens is 230 g/mol. The zero-order chi connectivity index (χ0) is 12.7. The summed E-state index contributed by atoms with van der Waals surface area (Å²) in [7, 11) is 0. The third-order valence-corrected chi connectivity index (χ3v) is 3.39. The molecule has 2 heteroatoms. The molecule has 0 aliphatic carbocycles. The molecule has 1 aromatic carbocycles. The van der Waals surface area contributed by atoms with Gasteiger partial charge in [0.05, 0.1) is 0 Å². The monoisotopic (exact) mass is 253 g/mol. The Bertz CT molecular complexity index is 307. The Balaban J connectivity index is 2.67. The summed E-state index contributed by atoms with van der Waals surface area (Å²) in [5.41, 5.74) is 1.35. The van der Waals surface area contributed by atoms with Gasteiger partial charge >= 0.3 is 0 Å². The summed E-state index contributed by atoms with van der Waals surface area (Å²) in [5.74, 6) is 0.764. The highest BCUT2D eigenvalue weighted by Gasteiger charge is 2.13. The van der Waals surface area contributed by atoms with Crippen molar-refractivity contribution >= 4 is 11.6 Å². The van der Waals surface area contributed by atoms with Crippen molar-refractivity contribution in [3.05, 3.63) is 34.9 Å². The summed E-state index contributed by atoms with van der Waals surface area (Å²) in [6.07, 6.45) is 3.76. The largest absolute Gasteiger partial charge is 0.310 e. The van der Waals surface area contributed by atoms with Crippen LogP contribution in [-0.4, -0.2) is 6.54 Å². The van der Waals surface area contributed by atoms with E-state index in [0.29, 0.717) is 6.04 Å². The molecule has 0 amide bonds. The molecule has 0 saturated heterocycles. The van der Waals surface area contributed by atoms with Crippen molar-refractivity contribution in [1.29, 1.82) is 0 Å². The lowest BCUT2D eigenvalue weighted by atomic mass is 9.93.